The molecule has 6 heteroatoms. The molecule has 0 N–H and O–H groups in total. The number of carbonyl (C=O) groups excluding carboxylic acids is 1. The molecule has 76 valence electrons. The first-order chi connectivity index (χ1) is 6.74. The molecule has 0 atom stereocenters. The maximum atomic E-state index is 11.2. The molecule has 0 fully saturated rings. The number of hydrogen-bond donors (Lipinski definition) is 0. The van der Waals surface area contributed by atoms with Crippen LogP contribution in [0.2, 0.25) is 5.02 Å². The van der Waals surface area contributed by atoms with E-state index >= 15 is 0 Å². The lowest BCUT2D eigenvalue weighted by Crippen LogP contribution is -2.17. The van der Waals surface area contributed by atoms with Gasteiger partial charge in [0.25, 0.3) is 0 Å². The van der Waals surface area contributed by atoms with Gasteiger partial charge in [0.15, 0.2) is 5.69 Å². The van der Waals surface area contributed by atoms with Crippen LogP contribution in [0.5, 0.6) is 0 Å². The van der Waals surface area contributed by atoms with Crippen LogP contribution >= 0.6 is 11.6 Å². The number of fused-ring (bicyclic) bond motifs is 1. The Labute approximate surface area is 85.5 Å². The average molecular weight is 217 g/mol. The van der Waals surface area contributed by atoms with Crippen molar-refractivity contribution in [2.45, 2.75) is 13.2 Å². The van der Waals surface area contributed by atoms with Gasteiger partial charge < -0.3 is 9.47 Å². The minimum absolute atomic E-state index is 0.162. The monoisotopic (exact) mass is 216 g/mol. The number of hydrogen-bond acceptors (Lipinski definition) is 4. The van der Waals surface area contributed by atoms with E-state index in [1.54, 1.807) is 4.68 Å². The highest BCUT2D eigenvalue weighted by Crippen LogP contribution is 2.24. The molecule has 0 radical (unpaired) electrons. The predicted molar refractivity (Wildman–Crippen MR) is 48.2 cm³/mol. The Morgan fingerprint density at radius 1 is 1.71 bits per heavy atom. The Kier molecular flexibility index (Phi) is 2.43. The van der Waals surface area contributed by atoms with Gasteiger partial charge in [0, 0.05) is 0 Å². The van der Waals surface area contributed by atoms with Gasteiger partial charge in [0.05, 0.1) is 37.6 Å². The first-order valence-electron chi connectivity index (χ1n) is 4.15. The van der Waals surface area contributed by atoms with Crippen LogP contribution in [-0.4, -0.2) is 29.5 Å². The van der Waals surface area contributed by atoms with Crippen LogP contribution < -0.4 is 0 Å². The third kappa shape index (κ3) is 1.38. The number of esters is 1. The summed E-state index contributed by atoms with van der Waals surface area (Å²) >= 11 is 5.95. The first-order valence-corrected chi connectivity index (χ1v) is 4.53. The Morgan fingerprint density at radius 2 is 2.50 bits per heavy atom. The number of halogens is 1. The molecule has 0 saturated carbocycles. The lowest BCUT2D eigenvalue weighted by Gasteiger charge is -2.13. The lowest BCUT2D eigenvalue weighted by molar-refractivity contribution is 0.0590. The zero-order valence-corrected chi connectivity index (χ0v) is 8.37. The summed E-state index contributed by atoms with van der Waals surface area (Å²) in [6, 6.07) is 0. The lowest BCUT2D eigenvalue weighted by atomic mass is 10.3. The van der Waals surface area contributed by atoms with Crippen molar-refractivity contribution in [3.63, 3.8) is 0 Å². The van der Waals surface area contributed by atoms with Crippen molar-refractivity contribution in [1.82, 2.24) is 9.78 Å². The molecule has 2 heterocycles. The predicted octanol–water partition coefficient (Wildman–Crippen LogP) is 0.853. The number of aromatic nitrogens is 2. The summed E-state index contributed by atoms with van der Waals surface area (Å²) in [4.78, 5) is 11.2. The van der Waals surface area contributed by atoms with Crippen molar-refractivity contribution >= 4 is 17.6 Å². The minimum atomic E-state index is -0.517. The van der Waals surface area contributed by atoms with Crippen molar-refractivity contribution < 1.29 is 14.3 Å². The van der Waals surface area contributed by atoms with Crippen LogP contribution in [0.4, 0.5) is 0 Å². The third-order valence-corrected chi connectivity index (χ3v) is 2.46. The highest BCUT2D eigenvalue weighted by molar-refractivity contribution is 6.34. The first kappa shape index (κ1) is 9.48. The van der Waals surface area contributed by atoms with E-state index in [0.29, 0.717) is 24.8 Å². The number of nitrogens with zero attached hydrogens (tertiary/aromatic N) is 2. The van der Waals surface area contributed by atoms with Crippen LogP contribution in [0.3, 0.4) is 0 Å². The van der Waals surface area contributed by atoms with Crippen molar-refractivity contribution in [2.75, 3.05) is 13.7 Å². The molecule has 0 amide bonds. The number of rotatable bonds is 1. The second-order valence-electron chi connectivity index (χ2n) is 2.88. The van der Waals surface area contributed by atoms with Gasteiger partial charge in [0.2, 0.25) is 0 Å². The summed E-state index contributed by atoms with van der Waals surface area (Å²) in [7, 11) is 1.30. The average Bonchev–Trinajstić information content (AvgIpc) is 2.56. The smallest absolute Gasteiger partial charge is 0.360 e. The Morgan fingerprint density at radius 3 is 3.14 bits per heavy atom. The molecule has 0 spiro atoms. The Bertz CT molecular complexity index is 375. The highest BCUT2D eigenvalue weighted by Gasteiger charge is 2.23. The van der Waals surface area contributed by atoms with Gasteiger partial charge in [-0.3, -0.25) is 4.68 Å². The second-order valence-corrected chi connectivity index (χ2v) is 3.25. The molecule has 1 aromatic rings. The highest BCUT2D eigenvalue weighted by atomic mass is 35.5. The van der Waals surface area contributed by atoms with E-state index in [4.69, 9.17) is 16.3 Å². The zero-order chi connectivity index (χ0) is 10.1. The normalized spacial score (nSPS) is 15.0. The van der Waals surface area contributed by atoms with Crippen molar-refractivity contribution in [3.8, 4) is 0 Å². The van der Waals surface area contributed by atoms with Crippen molar-refractivity contribution in [1.29, 1.82) is 0 Å². The summed E-state index contributed by atoms with van der Waals surface area (Å²) in [5.41, 5.74) is 0.896. The molecule has 0 aromatic carbocycles. The molecule has 14 heavy (non-hydrogen) atoms. The number of methoxy groups -OCH3 is 1. The van der Waals surface area contributed by atoms with Gasteiger partial charge >= 0.3 is 5.97 Å². The van der Waals surface area contributed by atoms with Gasteiger partial charge in [-0.2, -0.15) is 5.10 Å². The third-order valence-electron chi connectivity index (χ3n) is 2.06. The van der Waals surface area contributed by atoms with Gasteiger partial charge in [0.1, 0.15) is 0 Å². The van der Waals surface area contributed by atoms with E-state index in [1.165, 1.54) is 7.11 Å². The molecule has 1 aliphatic heterocycles. The van der Waals surface area contributed by atoms with Gasteiger partial charge in [-0.25, -0.2) is 4.79 Å². The standard InChI is InChI=1S/C8H9ClN2O3/c1-13-8(12)7-6(9)5-4-14-3-2-11(5)10-7/h2-4H2,1H3. The minimum Gasteiger partial charge on any atom is -0.464 e. The van der Waals surface area contributed by atoms with E-state index in [1.807, 2.05) is 0 Å². The number of carbonyl (C=O) groups is 1. The molecular weight excluding hydrogens is 208 g/mol. The molecule has 1 aliphatic rings. The summed E-state index contributed by atoms with van der Waals surface area (Å²) in [6.45, 7) is 1.60. The van der Waals surface area contributed by atoms with Crippen LogP contribution in [0.25, 0.3) is 0 Å². The van der Waals surface area contributed by atoms with E-state index < -0.39 is 5.97 Å². The SMILES string of the molecule is COC(=O)c1nn2c(c1Cl)COCC2. The van der Waals surface area contributed by atoms with E-state index in [0.717, 1.165) is 5.69 Å². The Balaban J connectivity index is 2.43. The number of ether oxygens (including phenoxy) is 2. The van der Waals surface area contributed by atoms with E-state index in [2.05, 4.69) is 9.84 Å². The van der Waals surface area contributed by atoms with Crippen LogP contribution in [0.1, 0.15) is 16.2 Å². The maximum absolute atomic E-state index is 11.2. The van der Waals surface area contributed by atoms with E-state index in [9.17, 15) is 4.79 Å². The fourth-order valence-corrected chi connectivity index (χ4v) is 1.61. The van der Waals surface area contributed by atoms with Crippen LogP contribution in [-0.2, 0) is 22.6 Å². The maximum Gasteiger partial charge on any atom is 0.360 e. The largest absolute Gasteiger partial charge is 0.464 e. The summed E-state index contributed by atoms with van der Waals surface area (Å²) in [6.07, 6.45) is 0. The van der Waals surface area contributed by atoms with Gasteiger partial charge in [-0.1, -0.05) is 11.6 Å². The fraction of sp³-hybridized carbons (Fsp3) is 0.500. The molecule has 0 saturated heterocycles. The molecule has 5 nitrogen and oxygen atoms in total. The van der Waals surface area contributed by atoms with Crippen LogP contribution in [0.15, 0.2) is 0 Å². The summed E-state index contributed by atoms with van der Waals surface area (Å²) < 4.78 is 11.4. The molecule has 0 unspecified atom stereocenters. The quantitative estimate of drug-likeness (QED) is 0.654. The molecule has 0 aliphatic carbocycles. The summed E-state index contributed by atoms with van der Waals surface area (Å²) in [5, 5.41) is 4.38. The molecule has 1 aromatic heterocycles. The van der Waals surface area contributed by atoms with Gasteiger partial charge in [-0.05, 0) is 0 Å². The zero-order valence-electron chi connectivity index (χ0n) is 7.62. The van der Waals surface area contributed by atoms with Crippen molar-refractivity contribution in [2.24, 2.45) is 0 Å². The molecular formula is C8H9ClN2O3. The van der Waals surface area contributed by atoms with Crippen LogP contribution in [0, 0.1) is 0 Å². The van der Waals surface area contributed by atoms with Crippen molar-refractivity contribution in [3.05, 3.63) is 16.4 Å². The topological polar surface area (TPSA) is 53.3 Å². The summed E-state index contributed by atoms with van der Waals surface area (Å²) in [5.74, 6) is -0.517. The van der Waals surface area contributed by atoms with E-state index in [-0.39, 0.29) is 5.69 Å². The fourth-order valence-electron chi connectivity index (χ4n) is 1.34. The molecule has 2 rings (SSSR count). The Hall–Kier alpha value is -1.07. The molecule has 0 bridgehead atoms. The second kappa shape index (κ2) is 3.59. The van der Waals surface area contributed by atoms with Gasteiger partial charge in [-0.15, -0.1) is 0 Å².